The van der Waals surface area contributed by atoms with E-state index in [9.17, 15) is 0 Å². The van der Waals surface area contributed by atoms with Crippen LogP contribution in [0, 0.1) is 0 Å². The minimum Gasteiger partial charge on any atom is -0.419 e. The molecule has 0 amide bonds. The highest BCUT2D eigenvalue weighted by Crippen LogP contribution is 2.29. The molecule has 0 saturated carbocycles. The molecule has 4 rings (SSSR count). The summed E-state index contributed by atoms with van der Waals surface area (Å²) in [5.74, 6) is 1.08. The van der Waals surface area contributed by atoms with Gasteiger partial charge in [0.25, 0.3) is 0 Å². The average Bonchev–Trinajstić information content (AvgIpc) is 3.04. The lowest BCUT2D eigenvalue weighted by atomic mass is 10.0. The second-order valence-corrected chi connectivity index (χ2v) is 6.04. The van der Waals surface area contributed by atoms with Crippen molar-refractivity contribution in [2.45, 2.75) is 19.4 Å². The first-order chi connectivity index (χ1) is 11.3. The molecule has 0 atom stereocenters. The Bertz CT molecular complexity index is 830. The lowest BCUT2D eigenvalue weighted by Gasteiger charge is -2.29. The van der Waals surface area contributed by atoms with E-state index in [4.69, 9.17) is 16.0 Å². The van der Waals surface area contributed by atoms with Gasteiger partial charge < -0.3 is 9.32 Å². The Kier molecular flexibility index (Phi) is 3.75. The van der Waals surface area contributed by atoms with Crippen LogP contribution in [-0.4, -0.2) is 16.7 Å². The van der Waals surface area contributed by atoms with Crippen molar-refractivity contribution in [1.82, 2.24) is 10.2 Å². The Hall–Kier alpha value is -2.33. The van der Waals surface area contributed by atoms with E-state index in [0.717, 1.165) is 24.9 Å². The number of aromatic nitrogens is 2. The first-order valence-electron chi connectivity index (χ1n) is 7.71. The lowest BCUT2D eigenvalue weighted by molar-refractivity contribution is 0.493. The predicted octanol–water partition coefficient (Wildman–Crippen LogP) is 4.34. The molecule has 0 unspecified atom stereocenters. The number of hydrogen-bond acceptors (Lipinski definition) is 4. The smallest absolute Gasteiger partial charge is 0.249 e. The van der Waals surface area contributed by atoms with E-state index in [0.29, 0.717) is 23.3 Å². The minimum absolute atomic E-state index is 0.468. The lowest BCUT2D eigenvalue weighted by Crippen LogP contribution is -2.28. The van der Waals surface area contributed by atoms with Crippen LogP contribution in [0.2, 0.25) is 5.02 Å². The van der Waals surface area contributed by atoms with Crippen molar-refractivity contribution in [3.8, 4) is 11.5 Å². The van der Waals surface area contributed by atoms with Crippen molar-refractivity contribution in [2.75, 3.05) is 11.4 Å². The van der Waals surface area contributed by atoms with Crippen LogP contribution in [0.4, 0.5) is 5.69 Å². The van der Waals surface area contributed by atoms with Gasteiger partial charge in [-0.1, -0.05) is 41.9 Å². The van der Waals surface area contributed by atoms with Crippen molar-refractivity contribution in [3.05, 3.63) is 65.0 Å². The highest BCUT2D eigenvalue weighted by Gasteiger charge is 2.19. The summed E-state index contributed by atoms with van der Waals surface area (Å²) in [5.41, 5.74) is 3.41. The van der Waals surface area contributed by atoms with Gasteiger partial charge in [0.1, 0.15) is 0 Å². The Morgan fingerprint density at radius 3 is 2.78 bits per heavy atom. The molecule has 2 aromatic carbocycles. The Morgan fingerprint density at radius 1 is 1.04 bits per heavy atom. The fourth-order valence-corrected chi connectivity index (χ4v) is 3.22. The summed E-state index contributed by atoms with van der Waals surface area (Å²) in [5, 5.41) is 8.94. The fraction of sp³-hybridized carbons (Fsp3) is 0.222. The van der Waals surface area contributed by atoms with Gasteiger partial charge in [0, 0.05) is 12.2 Å². The number of rotatable bonds is 3. The van der Waals surface area contributed by atoms with Crippen molar-refractivity contribution >= 4 is 17.3 Å². The van der Waals surface area contributed by atoms with Gasteiger partial charge in [0.15, 0.2) is 0 Å². The molecule has 0 spiro atoms. The summed E-state index contributed by atoms with van der Waals surface area (Å²) in [7, 11) is 0. The quantitative estimate of drug-likeness (QED) is 0.718. The van der Waals surface area contributed by atoms with E-state index in [1.165, 1.54) is 11.3 Å². The number of aryl methyl sites for hydroxylation is 1. The molecule has 0 saturated heterocycles. The standard InChI is InChI=1S/C18H16ClN3O/c19-15-9-3-2-8-14(15)18-21-20-17(23-18)12-22-11-5-7-13-6-1-4-10-16(13)22/h1-4,6,8-10H,5,7,11-12H2. The molecule has 4 nitrogen and oxygen atoms in total. The summed E-state index contributed by atoms with van der Waals surface area (Å²) < 4.78 is 5.82. The van der Waals surface area contributed by atoms with Crippen LogP contribution in [0.1, 0.15) is 17.9 Å². The zero-order chi connectivity index (χ0) is 15.6. The molecule has 116 valence electrons. The minimum atomic E-state index is 0.468. The molecule has 1 aliphatic rings. The average molecular weight is 326 g/mol. The van der Waals surface area contributed by atoms with Crippen LogP contribution in [-0.2, 0) is 13.0 Å². The molecular weight excluding hydrogens is 310 g/mol. The molecule has 0 bridgehead atoms. The number of anilines is 1. The number of fused-ring (bicyclic) bond motifs is 1. The van der Waals surface area contributed by atoms with Gasteiger partial charge in [0.05, 0.1) is 17.1 Å². The normalized spacial score (nSPS) is 13.9. The molecule has 0 aliphatic carbocycles. The Morgan fingerprint density at radius 2 is 1.87 bits per heavy atom. The number of halogens is 1. The van der Waals surface area contributed by atoms with Crippen LogP contribution in [0.25, 0.3) is 11.5 Å². The second kappa shape index (κ2) is 6.05. The summed E-state index contributed by atoms with van der Waals surface area (Å²) in [6.07, 6.45) is 2.27. The molecular formula is C18H16ClN3O. The molecule has 0 N–H and O–H groups in total. The van der Waals surface area contributed by atoms with E-state index in [2.05, 4.69) is 39.4 Å². The van der Waals surface area contributed by atoms with E-state index in [-0.39, 0.29) is 0 Å². The maximum Gasteiger partial charge on any atom is 0.249 e. The molecule has 3 aromatic rings. The van der Waals surface area contributed by atoms with Gasteiger partial charge in [-0.05, 0) is 36.6 Å². The monoisotopic (exact) mass is 325 g/mol. The van der Waals surface area contributed by atoms with Crippen LogP contribution in [0.15, 0.2) is 52.9 Å². The summed E-state index contributed by atoms with van der Waals surface area (Å²) in [6, 6.07) is 16.0. The summed E-state index contributed by atoms with van der Waals surface area (Å²) >= 11 is 6.19. The second-order valence-electron chi connectivity index (χ2n) is 5.63. The third kappa shape index (κ3) is 2.82. The molecule has 2 heterocycles. The van der Waals surface area contributed by atoms with E-state index in [1.807, 2.05) is 24.3 Å². The zero-order valence-corrected chi connectivity index (χ0v) is 13.3. The molecule has 1 aliphatic heterocycles. The van der Waals surface area contributed by atoms with Crippen LogP contribution >= 0.6 is 11.6 Å². The molecule has 0 fully saturated rings. The van der Waals surface area contributed by atoms with Crippen molar-refractivity contribution in [1.29, 1.82) is 0 Å². The van der Waals surface area contributed by atoms with Crippen molar-refractivity contribution < 1.29 is 4.42 Å². The molecule has 1 aromatic heterocycles. The maximum atomic E-state index is 6.19. The third-order valence-electron chi connectivity index (χ3n) is 4.10. The predicted molar refractivity (Wildman–Crippen MR) is 90.6 cm³/mol. The Labute approximate surface area is 139 Å². The van der Waals surface area contributed by atoms with Gasteiger partial charge in [-0.25, -0.2) is 0 Å². The summed E-state index contributed by atoms with van der Waals surface area (Å²) in [4.78, 5) is 2.29. The number of para-hydroxylation sites is 1. The Balaban J connectivity index is 1.59. The first kappa shape index (κ1) is 14.3. The van der Waals surface area contributed by atoms with E-state index in [1.54, 1.807) is 0 Å². The molecule has 5 heteroatoms. The molecule has 0 radical (unpaired) electrons. The largest absolute Gasteiger partial charge is 0.419 e. The van der Waals surface area contributed by atoms with E-state index >= 15 is 0 Å². The third-order valence-corrected chi connectivity index (χ3v) is 4.43. The number of hydrogen-bond donors (Lipinski definition) is 0. The van der Waals surface area contributed by atoms with Crippen LogP contribution in [0.5, 0.6) is 0 Å². The zero-order valence-electron chi connectivity index (χ0n) is 12.6. The van der Waals surface area contributed by atoms with Gasteiger partial charge >= 0.3 is 0 Å². The van der Waals surface area contributed by atoms with Crippen LogP contribution < -0.4 is 4.90 Å². The van der Waals surface area contributed by atoms with Crippen molar-refractivity contribution in [2.24, 2.45) is 0 Å². The SMILES string of the molecule is Clc1ccccc1-c1nnc(CN2CCCc3ccccc32)o1. The van der Waals surface area contributed by atoms with Gasteiger partial charge in [0.2, 0.25) is 11.8 Å². The topological polar surface area (TPSA) is 42.2 Å². The summed E-state index contributed by atoms with van der Waals surface area (Å²) in [6.45, 7) is 1.62. The van der Waals surface area contributed by atoms with E-state index < -0.39 is 0 Å². The highest BCUT2D eigenvalue weighted by atomic mass is 35.5. The molecule has 23 heavy (non-hydrogen) atoms. The first-order valence-corrected chi connectivity index (χ1v) is 8.09. The highest BCUT2D eigenvalue weighted by molar-refractivity contribution is 6.33. The number of benzene rings is 2. The fourth-order valence-electron chi connectivity index (χ4n) is 3.00. The van der Waals surface area contributed by atoms with Gasteiger partial charge in [-0.3, -0.25) is 0 Å². The maximum absolute atomic E-state index is 6.19. The van der Waals surface area contributed by atoms with Gasteiger partial charge in [-0.15, -0.1) is 10.2 Å². The van der Waals surface area contributed by atoms with Crippen molar-refractivity contribution in [3.63, 3.8) is 0 Å². The van der Waals surface area contributed by atoms with Crippen LogP contribution in [0.3, 0.4) is 0 Å². The van der Waals surface area contributed by atoms with Gasteiger partial charge in [-0.2, -0.15) is 0 Å². The number of nitrogens with zero attached hydrogens (tertiary/aromatic N) is 3.